The van der Waals surface area contributed by atoms with E-state index in [9.17, 15) is 13.2 Å². The van der Waals surface area contributed by atoms with Crippen LogP contribution >= 0.6 is 0 Å². The van der Waals surface area contributed by atoms with Crippen molar-refractivity contribution in [1.29, 1.82) is 0 Å². The fraction of sp³-hybridized carbons (Fsp3) is 0.917. The number of hydrogen-bond donors (Lipinski definition) is 1. The van der Waals surface area contributed by atoms with Gasteiger partial charge in [0.05, 0.1) is 17.6 Å². The second kappa shape index (κ2) is 5.76. The summed E-state index contributed by atoms with van der Waals surface area (Å²) in [4.78, 5) is 14.0. The molecule has 0 aromatic heterocycles. The van der Waals surface area contributed by atoms with Gasteiger partial charge >= 0.3 is 0 Å². The highest BCUT2D eigenvalue weighted by Gasteiger charge is 2.44. The van der Waals surface area contributed by atoms with Gasteiger partial charge in [-0.25, -0.2) is 8.42 Å². The normalized spacial score (nSPS) is 31.6. The number of ether oxygens (including phenoxy) is 1. The van der Waals surface area contributed by atoms with Crippen molar-refractivity contribution >= 4 is 15.7 Å². The maximum atomic E-state index is 12.3. The molecule has 0 bridgehead atoms. The lowest BCUT2D eigenvalue weighted by atomic mass is 9.93. The zero-order valence-corrected chi connectivity index (χ0v) is 12.1. The summed E-state index contributed by atoms with van der Waals surface area (Å²) in [5, 5.41) is -0.395. The number of hydrogen-bond acceptors (Lipinski definition) is 5. The first-order chi connectivity index (χ1) is 8.97. The van der Waals surface area contributed by atoms with Crippen LogP contribution in [0.4, 0.5) is 0 Å². The summed E-state index contributed by atoms with van der Waals surface area (Å²) >= 11 is 0. The van der Waals surface area contributed by atoms with Crippen LogP contribution in [-0.4, -0.2) is 62.6 Å². The summed E-state index contributed by atoms with van der Waals surface area (Å²) in [6.07, 6.45) is 3.32. The number of methoxy groups -OCH3 is 1. The van der Waals surface area contributed by atoms with E-state index in [2.05, 4.69) is 0 Å². The molecule has 1 saturated carbocycles. The predicted molar refractivity (Wildman–Crippen MR) is 71.4 cm³/mol. The van der Waals surface area contributed by atoms with Gasteiger partial charge in [0.15, 0.2) is 9.84 Å². The third-order valence-corrected chi connectivity index (χ3v) is 6.32. The highest BCUT2D eigenvalue weighted by atomic mass is 32.2. The topological polar surface area (TPSA) is 89.7 Å². The Morgan fingerprint density at radius 2 is 2.11 bits per heavy atom. The molecule has 110 valence electrons. The molecule has 6 nitrogen and oxygen atoms in total. The van der Waals surface area contributed by atoms with Crippen molar-refractivity contribution < 1.29 is 17.9 Å². The summed E-state index contributed by atoms with van der Waals surface area (Å²) in [5.74, 6) is -0.131. The summed E-state index contributed by atoms with van der Waals surface area (Å²) in [5.41, 5.74) is 5.78. The molecular formula is C12H22N2O4S. The van der Waals surface area contributed by atoms with Crippen molar-refractivity contribution in [3.8, 4) is 0 Å². The van der Waals surface area contributed by atoms with Gasteiger partial charge in [0, 0.05) is 19.7 Å². The number of fused-ring (bicyclic) bond motifs is 1. The van der Waals surface area contributed by atoms with E-state index < -0.39 is 21.1 Å². The first kappa shape index (κ1) is 14.7. The van der Waals surface area contributed by atoms with Crippen LogP contribution in [0.15, 0.2) is 0 Å². The summed E-state index contributed by atoms with van der Waals surface area (Å²) in [7, 11) is -1.56. The summed E-state index contributed by atoms with van der Waals surface area (Å²) in [6.45, 7) is 0.430. The Morgan fingerprint density at radius 1 is 1.42 bits per heavy atom. The molecule has 0 spiro atoms. The van der Waals surface area contributed by atoms with E-state index in [-0.39, 0.29) is 30.9 Å². The summed E-state index contributed by atoms with van der Waals surface area (Å²) in [6, 6.07) is -0.892. The van der Waals surface area contributed by atoms with E-state index in [0.717, 1.165) is 19.3 Å². The number of nitrogens with two attached hydrogens (primary N) is 1. The average Bonchev–Trinajstić information content (AvgIpc) is 2.39. The summed E-state index contributed by atoms with van der Waals surface area (Å²) < 4.78 is 29.1. The molecule has 1 aliphatic carbocycles. The van der Waals surface area contributed by atoms with Gasteiger partial charge in [-0.3, -0.25) is 4.79 Å². The van der Waals surface area contributed by atoms with Crippen molar-refractivity contribution in [2.75, 3.05) is 26.0 Å². The molecule has 7 heteroatoms. The standard InChI is InChI=1S/C12H22N2O4S/c1-18-8-9(13)12(15)14-6-7-19(16,17)11-5-3-2-4-10(11)14/h9-11H,2-8,13H2,1H3. The Bertz CT molecular complexity index is 437. The zero-order chi connectivity index (χ0) is 14.0. The molecule has 3 atom stereocenters. The molecule has 1 saturated heterocycles. The monoisotopic (exact) mass is 290 g/mol. The largest absolute Gasteiger partial charge is 0.383 e. The Hall–Kier alpha value is -0.660. The van der Waals surface area contributed by atoms with Crippen molar-refractivity contribution in [2.24, 2.45) is 5.73 Å². The zero-order valence-electron chi connectivity index (χ0n) is 11.2. The van der Waals surface area contributed by atoms with E-state index >= 15 is 0 Å². The molecule has 1 heterocycles. The number of nitrogens with zero attached hydrogens (tertiary/aromatic N) is 1. The van der Waals surface area contributed by atoms with Crippen LogP contribution < -0.4 is 5.73 Å². The molecule has 1 amide bonds. The molecular weight excluding hydrogens is 268 g/mol. The van der Waals surface area contributed by atoms with Crippen molar-refractivity contribution in [2.45, 2.75) is 43.0 Å². The number of sulfone groups is 1. The third kappa shape index (κ3) is 2.93. The molecule has 2 rings (SSSR count). The molecule has 1 aliphatic heterocycles. The van der Waals surface area contributed by atoms with E-state index in [1.165, 1.54) is 7.11 Å². The second-order valence-corrected chi connectivity index (χ2v) is 7.69. The Labute approximate surface area is 114 Å². The van der Waals surface area contributed by atoms with Gasteiger partial charge in [0.2, 0.25) is 5.91 Å². The third-order valence-electron chi connectivity index (χ3n) is 4.09. The minimum absolute atomic E-state index is 0.0552. The van der Waals surface area contributed by atoms with Crippen LogP contribution in [0.2, 0.25) is 0 Å². The number of carbonyl (C=O) groups excluding carboxylic acids is 1. The van der Waals surface area contributed by atoms with E-state index in [1.54, 1.807) is 4.90 Å². The van der Waals surface area contributed by atoms with Gasteiger partial charge in [-0.2, -0.15) is 0 Å². The molecule has 0 radical (unpaired) electrons. The molecule has 0 aromatic rings. The van der Waals surface area contributed by atoms with E-state index in [4.69, 9.17) is 10.5 Å². The van der Waals surface area contributed by atoms with E-state index in [0.29, 0.717) is 6.42 Å². The van der Waals surface area contributed by atoms with Gasteiger partial charge in [0.1, 0.15) is 6.04 Å². The van der Waals surface area contributed by atoms with Crippen molar-refractivity contribution in [1.82, 2.24) is 4.90 Å². The Kier molecular flexibility index (Phi) is 4.47. The first-order valence-electron chi connectivity index (χ1n) is 6.74. The van der Waals surface area contributed by atoms with Crippen molar-refractivity contribution in [3.63, 3.8) is 0 Å². The molecule has 0 aromatic carbocycles. The van der Waals surface area contributed by atoms with Gasteiger partial charge in [0.25, 0.3) is 0 Å². The lowest BCUT2D eigenvalue weighted by Gasteiger charge is -2.44. The number of carbonyl (C=O) groups is 1. The highest BCUT2D eigenvalue weighted by molar-refractivity contribution is 7.92. The molecule has 2 fully saturated rings. The van der Waals surface area contributed by atoms with Crippen LogP contribution in [0.1, 0.15) is 25.7 Å². The molecule has 2 N–H and O–H groups in total. The Balaban J connectivity index is 2.16. The maximum absolute atomic E-state index is 12.3. The fourth-order valence-electron chi connectivity index (χ4n) is 3.13. The number of rotatable bonds is 3. The maximum Gasteiger partial charge on any atom is 0.242 e. The Morgan fingerprint density at radius 3 is 2.79 bits per heavy atom. The fourth-order valence-corrected chi connectivity index (χ4v) is 5.17. The van der Waals surface area contributed by atoms with Crippen LogP contribution in [-0.2, 0) is 19.4 Å². The lowest BCUT2D eigenvalue weighted by Crippen LogP contribution is -2.61. The minimum atomic E-state index is -3.05. The lowest BCUT2D eigenvalue weighted by molar-refractivity contribution is -0.136. The van der Waals surface area contributed by atoms with Gasteiger partial charge in [-0.05, 0) is 12.8 Å². The van der Waals surface area contributed by atoms with Gasteiger partial charge in [-0.15, -0.1) is 0 Å². The van der Waals surface area contributed by atoms with Gasteiger partial charge < -0.3 is 15.4 Å². The quantitative estimate of drug-likeness (QED) is 0.759. The highest BCUT2D eigenvalue weighted by Crippen LogP contribution is 2.32. The van der Waals surface area contributed by atoms with Gasteiger partial charge in [-0.1, -0.05) is 12.8 Å². The van der Waals surface area contributed by atoms with Crippen LogP contribution in [0.5, 0.6) is 0 Å². The average molecular weight is 290 g/mol. The van der Waals surface area contributed by atoms with E-state index in [1.807, 2.05) is 0 Å². The first-order valence-corrected chi connectivity index (χ1v) is 8.45. The van der Waals surface area contributed by atoms with Crippen LogP contribution in [0.25, 0.3) is 0 Å². The van der Waals surface area contributed by atoms with Crippen LogP contribution in [0.3, 0.4) is 0 Å². The number of amides is 1. The van der Waals surface area contributed by atoms with Crippen LogP contribution in [0, 0.1) is 0 Å². The van der Waals surface area contributed by atoms with Crippen molar-refractivity contribution in [3.05, 3.63) is 0 Å². The second-order valence-electron chi connectivity index (χ2n) is 5.35. The molecule has 3 unspecified atom stereocenters. The smallest absolute Gasteiger partial charge is 0.242 e. The molecule has 2 aliphatic rings. The molecule has 19 heavy (non-hydrogen) atoms. The predicted octanol–water partition coefficient (Wildman–Crippen LogP) is -0.472. The SMILES string of the molecule is COCC(N)C(=O)N1CCS(=O)(=O)C2CCCCC21. The minimum Gasteiger partial charge on any atom is -0.383 e.